The lowest BCUT2D eigenvalue weighted by Crippen LogP contribution is -2.17. The Hall–Kier alpha value is -1.68. The first kappa shape index (κ1) is 17.2. The highest BCUT2D eigenvalue weighted by Gasteiger charge is 2.16. The minimum atomic E-state index is -0.0745. The molecule has 0 radical (unpaired) electrons. The van der Waals surface area contributed by atoms with Gasteiger partial charge in [0.05, 0.1) is 6.42 Å². The molecule has 0 saturated heterocycles. The van der Waals surface area contributed by atoms with Gasteiger partial charge in [0.1, 0.15) is 0 Å². The highest BCUT2D eigenvalue weighted by atomic mass is 127. The van der Waals surface area contributed by atoms with Crippen LogP contribution in [0, 0.1) is 17.4 Å². The minimum Gasteiger partial charge on any atom is -0.326 e. The van der Waals surface area contributed by atoms with E-state index in [1.165, 1.54) is 11.8 Å². The lowest BCUT2D eigenvalue weighted by molar-refractivity contribution is -0.115. The summed E-state index contributed by atoms with van der Waals surface area (Å²) in [7, 11) is 0. The Kier molecular flexibility index (Phi) is 5.04. The van der Waals surface area contributed by atoms with Gasteiger partial charge >= 0.3 is 0 Å². The molecule has 2 heterocycles. The number of nitrogens with one attached hydrogen (secondary N) is 1. The molecule has 0 aliphatic heterocycles. The van der Waals surface area contributed by atoms with Crippen molar-refractivity contribution in [2.75, 3.05) is 11.6 Å². The summed E-state index contributed by atoms with van der Waals surface area (Å²) in [6.07, 6.45) is 2.17. The zero-order valence-corrected chi connectivity index (χ0v) is 16.5. The van der Waals surface area contributed by atoms with Crippen LogP contribution in [0.2, 0.25) is 0 Å². The van der Waals surface area contributed by atoms with Gasteiger partial charge in [0.25, 0.3) is 5.78 Å². The number of carbonyl (C=O) groups excluding carboxylic acids is 1. The van der Waals surface area contributed by atoms with E-state index in [4.69, 9.17) is 0 Å². The molecule has 6 nitrogen and oxygen atoms in total. The fourth-order valence-corrected chi connectivity index (χ4v) is 3.34. The fraction of sp³-hybridized carbons (Fsp3) is 0.250. The van der Waals surface area contributed by atoms with Crippen LogP contribution in [-0.4, -0.2) is 31.7 Å². The van der Waals surface area contributed by atoms with Gasteiger partial charge < -0.3 is 5.32 Å². The lowest BCUT2D eigenvalue weighted by atomic mass is 10.1. The van der Waals surface area contributed by atoms with Crippen LogP contribution in [-0.2, 0) is 11.2 Å². The molecular formula is C16H16IN5OS. The van der Waals surface area contributed by atoms with Crippen molar-refractivity contribution in [1.82, 2.24) is 19.6 Å². The number of aryl methyl sites for hydroxylation is 2. The zero-order valence-electron chi connectivity index (χ0n) is 13.5. The summed E-state index contributed by atoms with van der Waals surface area (Å²) in [5.41, 5.74) is 3.37. The Morgan fingerprint density at radius 2 is 2.12 bits per heavy atom. The van der Waals surface area contributed by atoms with Gasteiger partial charge in [-0.1, -0.05) is 17.8 Å². The van der Waals surface area contributed by atoms with Crippen LogP contribution in [0.3, 0.4) is 0 Å². The predicted molar refractivity (Wildman–Crippen MR) is 104 cm³/mol. The van der Waals surface area contributed by atoms with Gasteiger partial charge in [-0.15, -0.1) is 5.10 Å². The van der Waals surface area contributed by atoms with Crippen molar-refractivity contribution < 1.29 is 4.79 Å². The van der Waals surface area contributed by atoms with E-state index in [1.54, 1.807) is 4.52 Å². The molecule has 0 bridgehead atoms. The number of aromatic nitrogens is 4. The van der Waals surface area contributed by atoms with E-state index in [0.29, 0.717) is 10.9 Å². The summed E-state index contributed by atoms with van der Waals surface area (Å²) in [4.78, 5) is 21.2. The maximum absolute atomic E-state index is 12.4. The summed E-state index contributed by atoms with van der Waals surface area (Å²) < 4.78 is 2.78. The molecule has 8 heteroatoms. The largest absolute Gasteiger partial charge is 0.326 e. The smallest absolute Gasteiger partial charge is 0.253 e. The highest BCUT2D eigenvalue weighted by Crippen LogP contribution is 2.18. The average Bonchev–Trinajstić information content (AvgIpc) is 2.94. The van der Waals surface area contributed by atoms with Crippen LogP contribution >= 0.6 is 34.4 Å². The third-order valence-corrected chi connectivity index (χ3v) is 4.87. The van der Waals surface area contributed by atoms with Crippen molar-refractivity contribution in [3.05, 3.63) is 44.8 Å². The molecule has 1 N–H and O–H groups in total. The van der Waals surface area contributed by atoms with E-state index >= 15 is 0 Å². The molecule has 0 aliphatic carbocycles. The molecule has 124 valence electrons. The number of anilines is 1. The van der Waals surface area contributed by atoms with Gasteiger partial charge in [-0.3, -0.25) is 4.79 Å². The van der Waals surface area contributed by atoms with Crippen LogP contribution in [0.4, 0.5) is 5.69 Å². The Balaban J connectivity index is 1.87. The van der Waals surface area contributed by atoms with Crippen LogP contribution in [0.25, 0.3) is 5.78 Å². The van der Waals surface area contributed by atoms with Gasteiger partial charge in [-0.2, -0.15) is 4.98 Å². The van der Waals surface area contributed by atoms with Crippen molar-refractivity contribution in [3.8, 4) is 0 Å². The Morgan fingerprint density at radius 3 is 2.83 bits per heavy atom. The third-order valence-electron chi connectivity index (χ3n) is 3.66. The van der Waals surface area contributed by atoms with E-state index in [1.807, 2.05) is 44.4 Å². The molecule has 3 rings (SSSR count). The molecule has 1 amide bonds. The van der Waals surface area contributed by atoms with Gasteiger partial charge in [0.15, 0.2) is 0 Å². The van der Waals surface area contributed by atoms with E-state index in [0.717, 1.165) is 26.2 Å². The molecular weight excluding hydrogens is 437 g/mol. The molecule has 3 aromatic rings. The maximum Gasteiger partial charge on any atom is 0.253 e. The number of amides is 1. The van der Waals surface area contributed by atoms with Gasteiger partial charge in [-0.05, 0) is 60.9 Å². The van der Waals surface area contributed by atoms with E-state index in [9.17, 15) is 4.79 Å². The normalized spacial score (nSPS) is 11.0. The number of benzene rings is 1. The monoisotopic (exact) mass is 453 g/mol. The van der Waals surface area contributed by atoms with Crippen molar-refractivity contribution >= 4 is 51.7 Å². The first-order valence-electron chi connectivity index (χ1n) is 7.30. The van der Waals surface area contributed by atoms with Crippen molar-refractivity contribution in [3.63, 3.8) is 0 Å². The van der Waals surface area contributed by atoms with Crippen LogP contribution in [0.1, 0.15) is 17.0 Å². The molecule has 24 heavy (non-hydrogen) atoms. The van der Waals surface area contributed by atoms with Gasteiger partial charge in [-0.25, -0.2) is 9.50 Å². The second-order valence-electron chi connectivity index (χ2n) is 5.31. The summed E-state index contributed by atoms with van der Waals surface area (Å²) in [6.45, 7) is 3.84. The number of hydrogen-bond donors (Lipinski definition) is 1. The maximum atomic E-state index is 12.4. The van der Waals surface area contributed by atoms with E-state index < -0.39 is 0 Å². The summed E-state index contributed by atoms with van der Waals surface area (Å²) >= 11 is 3.69. The Morgan fingerprint density at radius 1 is 1.33 bits per heavy atom. The molecule has 0 saturated carbocycles. The predicted octanol–water partition coefficient (Wildman–Crippen LogP) is 3.25. The zero-order chi connectivity index (χ0) is 17.3. The number of halogens is 1. The first-order valence-corrected chi connectivity index (χ1v) is 9.60. The van der Waals surface area contributed by atoms with Gasteiger partial charge in [0.2, 0.25) is 11.1 Å². The molecule has 0 spiro atoms. The minimum absolute atomic E-state index is 0.0745. The quantitative estimate of drug-likeness (QED) is 0.485. The van der Waals surface area contributed by atoms with Gasteiger partial charge in [0, 0.05) is 26.2 Å². The number of fused-ring (bicyclic) bond motifs is 1. The van der Waals surface area contributed by atoms with E-state index in [-0.39, 0.29) is 12.3 Å². The topological polar surface area (TPSA) is 72.2 Å². The molecule has 1 aromatic carbocycles. The van der Waals surface area contributed by atoms with Crippen LogP contribution in [0.5, 0.6) is 0 Å². The first-order chi connectivity index (χ1) is 11.5. The number of carbonyl (C=O) groups is 1. The molecule has 0 unspecified atom stereocenters. The number of thioether (sulfide) groups is 1. The Bertz CT molecular complexity index is 924. The summed E-state index contributed by atoms with van der Waals surface area (Å²) in [6, 6.07) is 7.71. The van der Waals surface area contributed by atoms with Crippen LogP contribution < -0.4 is 5.32 Å². The highest BCUT2D eigenvalue weighted by molar-refractivity contribution is 14.1. The molecule has 2 aromatic heterocycles. The van der Waals surface area contributed by atoms with Crippen molar-refractivity contribution in [1.29, 1.82) is 0 Å². The second kappa shape index (κ2) is 7.06. The number of rotatable bonds is 4. The fourth-order valence-electron chi connectivity index (χ4n) is 2.46. The molecule has 0 fully saturated rings. The molecule has 0 atom stereocenters. The number of hydrogen-bond acceptors (Lipinski definition) is 5. The Labute approximate surface area is 157 Å². The average molecular weight is 453 g/mol. The third kappa shape index (κ3) is 3.54. The SMILES string of the molecule is CSc1nc2nc(C)c(CC(=O)Nc3cccc(I)c3)c(C)n2n1. The summed E-state index contributed by atoms with van der Waals surface area (Å²) in [5.74, 6) is 0.491. The van der Waals surface area contributed by atoms with Crippen LogP contribution in [0.15, 0.2) is 29.4 Å². The van der Waals surface area contributed by atoms with Crippen molar-refractivity contribution in [2.24, 2.45) is 0 Å². The molecule has 0 aliphatic rings. The van der Waals surface area contributed by atoms with Crippen molar-refractivity contribution in [2.45, 2.75) is 25.4 Å². The number of nitrogens with zero attached hydrogens (tertiary/aromatic N) is 4. The summed E-state index contributed by atoms with van der Waals surface area (Å²) in [5, 5.41) is 8.01. The second-order valence-corrected chi connectivity index (χ2v) is 7.33. The van der Waals surface area contributed by atoms with E-state index in [2.05, 4.69) is 43.0 Å². The lowest BCUT2D eigenvalue weighted by Gasteiger charge is -2.11. The standard InChI is InChI=1S/C16H16IN5OS/c1-9-13(8-14(23)19-12-6-4-5-11(17)7-12)10(2)22-15(18-9)20-16(21-22)24-3/h4-7H,8H2,1-3H3,(H,19,23).